The van der Waals surface area contributed by atoms with Crippen molar-refractivity contribution in [2.75, 3.05) is 18.9 Å². The summed E-state index contributed by atoms with van der Waals surface area (Å²) in [5, 5.41) is 0. The molecule has 0 heterocycles. The van der Waals surface area contributed by atoms with Gasteiger partial charge in [0.1, 0.15) is 6.54 Å². The third-order valence-electron chi connectivity index (χ3n) is 3.25. The quantitative estimate of drug-likeness (QED) is 0.642. The van der Waals surface area contributed by atoms with Crippen molar-refractivity contribution in [2.24, 2.45) is 0 Å². The van der Waals surface area contributed by atoms with E-state index in [4.69, 9.17) is 10.5 Å². The van der Waals surface area contributed by atoms with Crippen LogP contribution in [0.15, 0.2) is 24.3 Å². The lowest BCUT2D eigenvalue weighted by molar-refractivity contribution is -0.149. The predicted molar refractivity (Wildman–Crippen MR) is 83.2 cm³/mol. The lowest BCUT2D eigenvalue weighted by Gasteiger charge is -2.21. The van der Waals surface area contributed by atoms with E-state index in [-0.39, 0.29) is 43.3 Å². The van der Waals surface area contributed by atoms with Crippen LogP contribution in [0.5, 0.6) is 0 Å². The fraction of sp³-hybridized carbons (Fsp3) is 0.467. The minimum absolute atomic E-state index is 0. The molecule has 0 radical (unpaired) electrons. The first-order valence-electron chi connectivity index (χ1n) is 6.89. The Morgan fingerprint density at radius 2 is 1.90 bits per heavy atom. The molecule has 1 aliphatic carbocycles. The summed E-state index contributed by atoms with van der Waals surface area (Å²) in [5.74, 6) is -0.379. The molecule has 0 spiro atoms. The fourth-order valence-corrected chi connectivity index (χ4v) is 2.06. The minimum Gasteiger partial charge on any atom is -0.465 e. The Kier molecular flexibility index (Phi) is 6.49. The van der Waals surface area contributed by atoms with Crippen LogP contribution in [0, 0.1) is 0 Å². The molecule has 21 heavy (non-hydrogen) atoms. The first-order chi connectivity index (χ1) is 9.60. The van der Waals surface area contributed by atoms with Crippen molar-refractivity contribution >= 4 is 30.0 Å². The van der Waals surface area contributed by atoms with Gasteiger partial charge in [-0.3, -0.25) is 9.59 Å². The van der Waals surface area contributed by atoms with E-state index < -0.39 is 0 Å². The van der Waals surface area contributed by atoms with Crippen LogP contribution < -0.4 is 5.73 Å². The van der Waals surface area contributed by atoms with Gasteiger partial charge in [-0.15, -0.1) is 12.4 Å². The zero-order valence-electron chi connectivity index (χ0n) is 12.1. The lowest BCUT2D eigenvalue weighted by atomic mass is 10.1. The van der Waals surface area contributed by atoms with Gasteiger partial charge in [0.2, 0.25) is 5.91 Å². The van der Waals surface area contributed by atoms with Crippen LogP contribution >= 0.6 is 12.4 Å². The zero-order valence-corrected chi connectivity index (χ0v) is 12.9. The number of hydrogen-bond acceptors (Lipinski definition) is 4. The van der Waals surface area contributed by atoms with Crippen molar-refractivity contribution < 1.29 is 14.3 Å². The average molecular weight is 313 g/mol. The zero-order chi connectivity index (χ0) is 14.5. The monoisotopic (exact) mass is 312 g/mol. The van der Waals surface area contributed by atoms with E-state index in [1.807, 2.05) is 12.1 Å². The van der Waals surface area contributed by atoms with Crippen molar-refractivity contribution in [3.8, 4) is 0 Å². The van der Waals surface area contributed by atoms with E-state index in [0.29, 0.717) is 12.3 Å². The molecule has 1 aromatic rings. The van der Waals surface area contributed by atoms with Crippen LogP contribution in [0.2, 0.25) is 0 Å². The van der Waals surface area contributed by atoms with Gasteiger partial charge in [0.05, 0.1) is 13.0 Å². The molecule has 1 aromatic carbocycles. The number of carbonyl (C=O) groups is 2. The molecule has 1 amide bonds. The summed E-state index contributed by atoms with van der Waals surface area (Å²) in [4.78, 5) is 25.5. The number of nitrogens with zero attached hydrogens (tertiary/aromatic N) is 1. The molecule has 2 rings (SSSR count). The average Bonchev–Trinajstić information content (AvgIpc) is 3.23. The Morgan fingerprint density at radius 3 is 2.43 bits per heavy atom. The van der Waals surface area contributed by atoms with E-state index in [9.17, 15) is 9.59 Å². The number of esters is 1. The Balaban J connectivity index is 0.00000220. The number of halogens is 1. The number of rotatable bonds is 6. The number of nitrogens with two attached hydrogens (primary N) is 1. The number of anilines is 1. The first kappa shape index (κ1) is 17.3. The van der Waals surface area contributed by atoms with Crippen LogP contribution in [0.25, 0.3) is 0 Å². The van der Waals surface area contributed by atoms with Crippen molar-refractivity contribution in [3.63, 3.8) is 0 Å². The molecule has 0 aliphatic heterocycles. The molecule has 0 bridgehead atoms. The van der Waals surface area contributed by atoms with E-state index in [0.717, 1.165) is 18.4 Å². The molecule has 6 heteroatoms. The van der Waals surface area contributed by atoms with E-state index in [1.165, 1.54) is 0 Å². The standard InChI is InChI=1S/C15H20N2O3.ClH/c1-2-20-15(19)10-17(13-7-8-13)14(18)9-11-3-5-12(16)6-4-11;/h3-6,13H,2,7-10,16H2,1H3;1H. The van der Waals surface area contributed by atoms with Gasteiger partial charge in [-0.1, -0.05) is 12.1 Å². The third kappa shape index (κ3) is 5.27. The van der Waals surface area contributed by atoms with Crippen molar-refractivity contribution in [1.82, 2.24) is 4.90 Å². The van der Waals surface area contributed by atoms with Gasteiger partial charge >= 0.3 is 5.97 Å². The van der Waals surface area contributed by atoms with Crippen LogP contribution in [-0.4, -0.2) is 36.0 Å². The van der Waals surface area contributed by atoms with E-state index in [1.54, 1.807) is 24.0 Å². The highest BCUT2D eigenvalue weighted by Crippen LogP contribution is 2.27. The smallest absolute Gasteiger partial charge is 0.325 e. The molecule has 1 saturated carbocycles. The summed E-state index contributed by atoms with van der Waals surface area (Å²) in [6.07, 6.45) is 2.22. The molecule has 0 saturated heterocycles. The van der Waals surface area contributed by atoms with Crippen LogP contribution in [0.4, 0.5) is 5.69 Å². The molecule has 0 unspecified atom stereocenters. The lowest BCUT2D eigenvalue weighted by Crippen LogP contribution is -2.39. The molecule has 2 N–H and O–H groups in total. The van der Waals surface area contributed by atoms with Gasteiger partial charge < -0.3 is 15.4 Å². The maximum absolute atomic E-state index is 12.3. The Hall–Kier alpha value is -1.75. The maximum Gasteiger partial charge on any atom is 0.325 e. The number of benzene rings is 1. The van der Waals surface area contributed by atoms with Crippen molar-refractivity contribution in [2.45, 2.75) is 32.2 Å². The predicted octanol–water partition coefficient (Wildman–Crippen LogP) is 1.79. The number of carbonyl (C=O) groups excluding carboxylic acids is 2. The van der Waals surface area contributed by atoms with Crippen LogP contribution in [0.1, 0.15) is 25.3 Å². The SMILES string of the molecule is CCOC(=O)CN(C(=O)Cc1ccc(N)cc1)C1CC1.Cl. The second kappa shape index (κ2) is 7.88. The van der Waals surface area contributed by atoms with Gasteiger partial charge in [0.25, 0.3) is 0 Å². The van der Waals surface area contributed by atoms with Crippen LogP contribution in [0.3, 0.4) is 0 Å². The maximum atomic E-state index is 12.3. The Bertz CT molecular complexity index is 486. The summed E-state index contributed by atoms with van der Waals surface area (Å²) in [6.45, 7) is 2.14. The van der Waals surface area contributed by atoms with Crippen LogP contribution in [-0.2, 0) is 20.7 Å². The van der Waals surface area contributed by atoms with Crippen molar-refractivity contribution in [1.29, 1.82) is 0 Å². The first-order valence-corrected chi connectivity index (χ1v) is 6.89. The summed E-state index contributed by atoms with van der Waals surface area (Å²) in [7, 11) is 0. The number of ether oxygens (including phenoxy) is 1. The summed E-state index contributed by atoms with van der Waals surface area (Å²) >= 11 is 0. The summed E-state index contributed by atoms with van der Waals surface area (Å²) in [6, 6.07) is 7.41. The highest BCUT2D eigenvalue weighted by molar-refractivity contribution is 5.85. The van der Waals surface area contributed by atoms with E-state index in [2.05, 4.69) is 0 Å². The minimum atomic E-state index is -0.343. The van der Waals surface area contributed by atoms with Crippen molar-refractivity contribution in [3.05, 3.63) is 29.8 Å². The number of hydrogen-bond donors (Lipinski definition) is 1. The van der Waals surface area contributed by atoms with Gasteiger partial charge in [0, 0.05) is 11.7 Å². The second-order valence-electron chi connectivity index (χ2n) is 4.98. The molecule has 5 nitrogen and oxygen atoms in total. The Morgan fingerprint density at radius 1 is 1.29 bits per heavy atom. The highest BCUT2D eigenvalue weighted by Gasteiger charge is 2.33. The van der Waals surface area contributed by atoms with Gasteiger partial charge in [-0.25, -0.2) is 0 Å². The molecule has 0 atom stereocenters. The molecule has 1 fully saturated rings. The topological polar surface area (TPSA) is 72.6 Å². The number of amides is 1. The molecule has 116 valence electrons. The number of nitrogen functional groups attached to an aromatic ring is 1. The van der Waals surface area contributed by atoms with E-state index >= 15 is 0 Å². The molecule has 1 aliphatic rings. The summed E-state index contributed by atoms with van der Waals surface area (Å²) < 4.78 is 4.92. The Labute approximate surface area is 130 Å². The normalized spacial score (nSPS) is 13.2. The fourth-order valence-electron chi connectivity index (χ4n) is 2.06. The highest BCUT2D eigenvalue weighted by atomic mass is 35.5. The van der Waals surface area contributed by atoms with Gasteiger partial charge in [0.15, 0.2) is 0 Å². The summed E-state index contributed by atoms with van der Waals surface area (Å²) in [5.41, 5.74) is 7.19. The third-order valence-corrected chi connectivity index (χ3v) is 3.25. The second-order valence-corrected chi connectivity index (χ2v) is 4.98. The van der Waals surface area contributed by atoms with Gasteiger partial charge in [-0.2, -0.15) is 0 Å². The van der Waals surface area contributed by atoms with Gasteiger partial charge in [-0.05, 0) is 37.5 Å². The molecular formula is C15H21ClN2O3. The molecular weight excluding hydrogens is 292 g/mol. The molecule has 0 aromatic heterocycles. The largest absolute Gasteiger partial charge is 0.465 e.